The van der Waals surface area contributed by atoms with Crippen molar-refractivity contribution >= 4 is 40.0 Å². The van der Waals surface area contributed by atoms with Gasteiger partial charge in [0, 0.05) is 22.0 Å². The summed E-state index contributed by atoms with van der Waals surface area (Å²) in [5, 5.41) is 9.76. The van der Waals surface area contributed by atoms with Crippen molar-refractivity contribution < 1.29 is 32.2 Å². The molecule has 0 fully saturated rings. The molecule has 2 aromatic heterocycles. The standard InChI is InChI=1S/C18H15F4NO3S2/c1-9-11(6-16(24)25)12-5-15(26-2)13(19)7-14(12)23(9)8-10-3-4-17(27-10)28-18(20,21)22/h3-5,7H,6,8H2,1-2H3,(H,24,25). The van der Waals surface area contributed by atoms with Gasteiger partial charge in [0.2, 0.25) is 0 Å². The number of fused-ring (bicyclic) bond motifs is 1. The van der Waals surface area contributed by atoms with Crippen molar-refractivity contribution in [1.29, 1.82) is 0 Å². The van der Waals surface area contributed by atoms with Gasteiger partial charge in [0.25, 0.3) is 0 Å². The molecule has 0 aliphatic carbocycles. The second-order valence-electron chi connectivity index (χ2n) is 5.99. The van der Waals surface area contributed by atoms with Gasteiger partial charge in [0.05, 0.1) is 29.8 Å². The van der Waals surface area contributed by atoms with E-state index in [1.807, 2.05) is 0 Å². The Morgan fingerprint density at radius 2 is 2.04 bits per heavy atom. The lowest BCUT2D eigenvalue weighted by atomic mass is 10.1. The molecule has 0 atom stereocenters. The predicted octanol–water partition coefficient (Wildman–Crippen LogP) is 5.45. The molecule has 0 saturated carbocycles. The number of carboxylic acid groups (broad SMARTS) is 1. The van der Waals surface area contributed by atoms with Crippen LogP contribution < -0.4 is 4.74 Å². The highest BCUT2D eigenvalue weighted by atomic mass is 32.2. The minimum Gasteiger partial charge on any atom is -0.494 e. The van der Waals surface area contributed by atoms with E-state index in [0.29, 0.717) is 27.0 Å². The number of hydrogen-bond acceptors (Lipinski definition) is 4. The highest BCUT2D eigenvalue weighted by Crippen LogP contribution is 2.41. The molecule has 0 amide bonds. The van der Waals surface area contributed by atoms with Crippen LogP contribution >= 0.6 is 23.1 Å². The monoisotopic (exact) mass is 433 g/mol. The first kappa shape index (κ1) is 20.5. The van der Waals surface area contributed by atoms with Crippen molar-refractivity contribution in [3.05, 3.63) is 46.2 Å². The Labute approximate surface area is 165 Å². The number of thioether (sulfide) groups is 1. The zero-order valence-electron chi connectivity index (χ0n) is 14.8. The summed E-state index contributed by atoms with van der Waals surface area (Å²) in [5.74, 6) is -1.64. The van der Waals surface area contributed by atoms with Crippen LogP contribution in [0.1, 0.15) is 16.1 Å². The Bertz CT molecular complexity index is 1040. The molecule has 0 aliphatic heterocycles. The number of benzene rings is 1. The van der Waals surface area contributed by atoms with E-state index in [1.165, 1.54) is 25.3 Å². The molecule has 1 aromatic carbocycles. The molecule has 28 heavy (non-hydrogen) atoms. The lowest BCUT2D eigenvalue weighted by Gasteiger charge is -2.08. The Balaban J connectivity index is 2.06. The van der Waals surface area contributed by atoms with E-state index in [-0.39, 0.29) is 34.7 Å². The van der Waals surface area contributed by atoms with E-state index >= 15 is 0 Å². The summed E-state index contributed by atoms with van der Waals surface area (Å²) in [6, 6.07) is 5.68. The van der Waals surface area contributed by atoms with E-state index in [0.717, 1.165) is 11.3 Å². The van der Waals surface area contributed by atoms with Gasteiger partial charge in [-0.3, -0.25) is 4.79 Å². The number of aromatic nitrogens is 1. The van der Waals surface area contributed by atoms with Crippen molar-refractivity contribution in [3.8, 4) is 5.75 Å². The Hall–Kier alpha value is -2.20. The average Bonchev–Trinajstić information content (AvgIpc) is 3.10. The molecule has 2 heterocycles. The summed E-state index contributed by atoms with van der Waals surface area (Å²) in [7, 11) is 1.32. The van der Waals surface area contributed by atoms with E-state index in [9.17, 15) is 27.5 Å². The molecule has 0 saturated heterocycles. The van der Waals surface area contributed by atoms with E-state index in [2.05, 4.69) is 0 Å². The van der Waals surface area contributed by atoms with Gasteiger partial charge in [-0.2, -0.15) is 13.2 Å². The van der Waals surface area contributed by atoms with E-state index in [1.54, 1.807) is 17.6 Å². The maximum absolute atomic E-state index is 14.3. The van der Waals surface area contributed by atoms with E-state index < -0.39 is 17.3 Å². The molecule has 150 valence electrons. The molecule has 0 bridgehead atoms. The Morgan fingerprint density at radius 3 is 2.64 bits per heavy atom. The number of thiophene rings is 1. The molecule has 3 aromatic rings. The van der Waals surface area contributed by atoms with Crippen LogP contribution in [0.15, 0.2) is 28.5 Å². The number of carbonyl (C=O) groups is 1. The minimum absolute atomic E-state index is 0.00345. The molecule has 0 radical (unpaired) electrons. The zero-order valence-corrected chi connectivity index (χ0v) is 16.4. The number of nitrogens with zero attached hydrogens (tertiary/aromatic N) is 1. The van der Waals surface area contributed by atoms with Crippen molar-refractivity contribution in [2.45, 2.75) is 29.6 Å². The fourth-order valence-corrected chi connectivity index (χ4v) is 4.91. The largest absolute Gasteiger partial charge is 0.494 e. The van der Waals surface area contributed by atoms with Crippen molar-refractivity contribution in [1.82, 2.24) is 4.57 Å². The minimum atomic E-state index is -4.37. The third-order valence-electron chi connectivity index (χ3n) is 4.22. The second-order valence-corrected chi connectivity index (χ2v) is 8.53. The summed E-state index contributed by atoms with van der Waals surface area (Å²) >= 11 is 0.810. The smallest absolute Gasteiger partial charge is 0.447 e. The zero-order chi connectivity index (χ0) is 20.6. The molecular weight excluding hydrogens is 418 g/mol. The van der Waals surface area contributed by atoms with Gasteiger partial charge in [-0.05, 0) is 42.4 Å². The summed E-state index contributed by atoms with van der Waals surface area (Å²) < 4.78 is 58.7. The summed E-state index contributed by atoms with van der Waals surface area (Å²) in [5.41, 5.74) is -2.77. The average molecular weight is 433 g/mol. The molecule has 10 heteroatoms. The van der Waals surface area contributed by atoms with Crippen molar-refractivity contribution in [2.24, 2.45) is 0 Å². The molecule has 0 aliphatic rings. The van der Waals surface area contributed by atoms with Gasteiger partial charge in [0.1, 0.15) is 0 Å². The lowest BCUT2D eigenvalue weighted by molar-refractivity contribution is -0.136. The Kier molecular flexibility index (Phi) is 5.62. The maximum atomic E-state index is 14.3. The molecule has 0 unspecified atom stereocenters. The van der Waals surface area contributed by atoms with Gasteiger partial charge in [-0.1, -0.05) is 0 Å². The van der Waals surface area contributed by atoms with Gasteiger partial charge in [-0.25, -0.2) is 4.39 Å². The second kappa shape index (κ2) is 7.67. The van der Waals surface area contributed by atoms with Crippen LogP contribution in [-0.4, -0.2) is 28.3 Å². The van der Waals surface area contributed by atoms with Gasteiger partial charge >= 0.3 is 11.5 Å². The van der Waals surface area contributed by atoms with Crippen LogP contribution in [0.2, 0.25) is 0 Å². The number of halogens is 4. The number of rotatable bonds is 6. The third kappa shape index (κ3) is 4.27. The Morgan fingerprint density at radius 1 is 1.32 bits per heavy atom. The van der Waals surface area contributed by atoms with Gasteiger partial charge in [0.15, 0.2) is 11.6 Å². The summed E-state index contributed by atoms with van der Waals surface area (Å²) in [6.45, 7) is 1.92. The maximum Gasteiger partial charge on any atom is 0.447 e. The van der Waals surface area contributed by atoms with Crippen LogP contribution in [0.5, 0.6) is 5.75 Å². The van der Waals surface area contributed by atoms with Crippen LogP contribution in [0.4, 0.5) is 17.6 Å². The fourth-order valence-electron chi connectivity index (χ4n) is 3.05. The molecule has 0 spiro atoms. The van der Waals surface area contributed by atoms with Crippen molar-refractivity contribution in [3.63, 3.8) is 0 Å². The fraction of sp³-hybridized carbons (Fsp3) is 0.278. The topological polar surface area (TPSA) is 51.5 Å². The molecule has 4 nitrogen and oxygen atoms in total. The quantitative estimate of drug-likeness (QED) is 0.415. The number of hydrogen-bond donors (Lipinski definition) is 1. The first-order valence-electron chi connectivity index (χ1n) is 8.00. The van der Waals surface area contributed by atoms with E-state index in [4.69, 9.17) is 4.74 Å². The number of ether oxygens (including phenoxy) is 1. The molecular formula is C18H15F4NO3S2. The highest BCUT2D eigenvalue weighted by Gasteiger charge is 2.30. The van der Waals surface area contributed by atoms with Crippen molar-refractivity contribution in [2.75, 3.05) is 7.11 Å². The van der Waals surface area contributed by atoms with Crippen LogP contribution in [0.25, 0.3) is 10.9 Å². The molecule has 1 N–H and O–H groups in total. The van der Waals surface area contributed by atoms with Crippen LogP contribution in [0.3, 0.4) is 0 Å². The van der Waals surface area contributed by atoms with Gasteiger partial charge in [-0.15, -0.1) is 11.3 Å². The third-order valence-corrected chi connectivity index (χ3v) is 6.16. The molecule has 3 rings (SSSR count). The highest BCUT2D eigenvalue weighted by molar-refractivity contribution is 8.01. The SMILES string of the molecule is COc1cc2c(CC(=O)O)c(C)n(Cc3ccc(SC(F)(F)F)s3)c2cc1F. The number of aliphatic carboxylic acids is 1. The first-order valence-corrected chi connectivity index (χ1v) is 9.64. The summed E-state index contributed by atoms with van der Waals surface area (Å²) in [6.07, 6.45) is -0.260. The van der Waals surface area contributed by atoms with Crippen LogP contribution in [-0.2, 0) is 17.8 Å². The number of alkyl halides is 3. The van der Waals surface area contributed by atoms with Gasteiger partial charge < -0.3 is 14.4 Å². The first-order chi connectivity index (χ1) is 13.1. The lowest BCUT2D eigenvalue weighted by Crippen LogP contribution is -2.04. The summed E-state index contributed by atoms with van der Waals surface area (Å²) in [4.78, 5) is 11.9. The normalized spacial score (nSPS) is 11.9. The number of methoxy groups -OCH3 is 1. The number of carboxylic acids is 1. The van der Waals surface area contributed by atoms with Crippen LogP contribution in [0, 0.1) is 12.7 Å². The predicted molar refractivity (Wildman–Crippen MR) is 99.9 cm³/mol.